The summed E-state index contributed by atoms with van der Waals surface area (Å²) < 4.78 is 17.3. The van der Waals surface area contributed by atoms with Crippen molar-refractivity contribution in [1.29, 1.82) is 5.41 Å². The third-order valence-corrected chi connectivity index (χ3v) is 8.09. The fraction of sp³-hybridized carbons (Fsp3) is 0.400. The number of allylic oxidation sites excluding steroid dienone is 4. The lowest BCUT2D eigenvalue weighted by atomic mass is 9.94. The van der Waals surface area contributed by atoms with E-state index in [0.717, 1.165) is 43.9 Å². The minimum atomic E-state index is -1.13. The second-order valence-corrected chi connectivity index (χ2v) is 10.9. The highest BCUT2D eigenvalue weighted by molar-refractivity contribution is 6.12. The summed E-state index contributed by atoms with van der Waals surface area (Å²) in [5.74, 6) is 0.184. The van der Waals surface area contributed by atoms with Gasteiger partial charge in [-0.3, -0.25) is 9.69 Å². The van der Waals surface area contributed by atoms with Gasteiger partial charge in [0.25, 0.3) is 0 Å². The molecule has 0 spiro atoms. The van der Waals surface area contributed by atoms with Crippen molar-refractivity contribution in [2.45, 2.75) is 60.2 Å². The number of nitroso groups, excluding NO2 is 1. The molecule has 2 aromatic rings. The lowest BCUT2D eigenvalue weighted by molar-refractivity contribution is -0.114. The van der Waals surface area contributed by atoms with Gasteiger partial charge in [-0.25, -0.2) is 4.98 Å². The smallest absolute Gasteiger partial charge is 0.323 e. The third-order valence-electron chi connectivity index (χ3n) is 8.09. The first-order valence-electron chi connectivity index (χ1n) is 15.2. The van der Waals surface area contributed by atoms with E-state index in [1.165, 1.54) is 18.2 Å². The second-order valence-electron chi connectivity index (χ2n) is 10.9. The van der Waals surface area contributed by atoms with Crippen LogP contribution in [0.4, 0.5) is 5.82 Å². The van der Waals surface area contributed by atoms with Crippen LogP contribution in [0.5, 0.6) is 0 Å². The number of amides is 1. The highest BCUT2D eigenvalue weighted by Crippen LogP contribution is 2.29. The molecule has 2 atom stereocenters. The quantitative estimate of drug-likeness (QED) is 0.0695. The Kier molecular flexibility index (Phi) is 13.4. The zero-order chi connectivity index (χ0) is 32.9. The fourth-order valence-corrected chi connectivity index (χ4v) is 5.15. The van der Waals surface area contributed by atoms with Gasteiger partial charge in [0.15, 0.2) is 0 Å². The number of nitrogens with one attached hydrogen (secondary N) is 2. The maximum atomic E-state index is 11.8. The molecule has 2 N–H and O–H groups in total. The minimum Gasteiger partial charge on any atom is -0.488 e. The molecule has 10 nitrogen and oxygen atoms in total. The molecule has 0 radical (unpaired) electrons. The van der Waals surface area contributed by atoms with Crippen molar-refractivity contribution in [2.24, 2.45) is 11.1 Å². The highest BCUT2D eigenvalue weighted by Gasteiger charge is 2.25. The average molecular weight is 616 g/mol. The number of fused-ring (bicyclic) bond motifs is 1. The summed E-state index contributed by atoms with van der Waals surface area (Å²) in [6.07, 6.45) is 5.35. The Balaban J connectivity index is 1.84. The van der Waals surface area contributed by atoms with Crippen molar-refractivity contribution < 1.29 is 19.0 Å². The molecule has 240 valence electrons. The number of hydrogen-bond donors (Lipinski definition) is 2. The van der Waals surface area contributed by atoms with Gasteiger partial charge >= 0.3 is 5.91 Å². The zero-order valence-corrected chi connectivity index (χ0v) is 27.2. The number of carbonyl (C=O) groups is 1. The molecule has 2 unspecified atom stereocenters. The van der Waals surface area contributed by atoms with Gasteiger partial charge in [0.1, 0.15) is 23.8 Å². The van der Waals surface area contributed by atoms with Gasteiger partial charge in [0, 0.05) is 42.7 Å². The van der Waals surface area contributed by atoms with Crippen LogP contribution in [-0.2, 0) is 38.6 Å². The molecule has 0 saturated carbocycles. The van der Waals surface area contributed by atoms with Crippen LogP contribution in [0.15, 0.2) is 83.1 Å². The van der Waals surface area contributed by atoms with Gasteiger partial charge in [-0.1, -0.05) is 49.9 Å². The molecule has 10 heteroatoms. The molecule has 1 aliphatic heterocycles. The van der Waals surface area contributed by atoms with Crippen LogP contribution < -0.4 is 5.32 Å². The van der Waals surface area contributed by atoms with Gasteiger partial charge in [-0.2, -0.15) is 0 Å². The molecular formula is C35H45N5O5. The number of pyridine rings is 1. The number of benzene rings is 1. The number of ether oxygens (including phenoxy) is 3. The van der Waals surface area contributed by atoms with Crippen LogP contribution in [0.3, 0.4) is 0 Å². The topological polar surface area (TPSA) is 126 Å². The van der Waals surface area contributed by atoms with E-state index in [2.05, 4.69) is 59.0 Å². The summed E-state index contributed by atoms with van der Waals surface area (Å²) in [4.78, 5) is 29.8. The maximum Gasteiger partial charge on any atom is 0.323 e. The van der Waals surface area contributed by atoms with Crippen molar-refractivity contribution in [2.75, 3.05) is 32.2 Å². The van der Waals surface area contributed by atoms with E-state index in [1.54, 1.807) is 18.2 Å². The number of hydrogen-bond acceptors (Lipinski definition) is 9. The molecule has 0 bridgehead atoms. The Bertz CT molecular complexity index is 1480. The number of anilines is 1. The van der Waals surface area contributed by atoms with Crippen LogP contribution in [0.2, 0.25) is 0 Å². The van der Waals surface area contributed by atoms with Gasteiger partial charge in [0.05, 0.1) is 19.4 Å². The predicted octanol–water partition coefficient (Wildman–Crippen LogP) is 6.79. The molecule has 2 heterocycles. The number of rotatable bonds is 16. The van der Waals surface area contributed by atoms with Crippen LogP contribution in [0.1, 0.15) is 57.0 Å². The molecule has 0 aliphatic carbocycles. The fourth-order valence-electron chi connectivity index (χ4n) is 5.15. The molecule has 1 amide bonds. The summed E-state index contributed by atoms with van der Waals surface area (Å²) in [5, 5.41) is 12.7. The Morgan fingerprint density at radius 1 is 1.24 bits per heavy atom. The largest absolute Gasteiger partial charge is 0.488 e. The van der Waals surface area contributed by atoms with Crippen LogP contribution in [-0.4, -0.2) is 54.9 Å². The number of aromatic nitrogens is 1. The van der Waals surface area contributed by atoms with Crippen molar-refractivity contribution in [3.8, 4) is 0 Å². The van der Waals surface area contributed by atoms with Crippen molar-refractivity contribution in [3.63, 3.8) is 0 Å². The van der Waals surface area contributed by atoms with E-state index < -0.39 is 5.91 Å². The standard InChI is InChI=1S/C35H45N5O5/c1-8-23(4)33(29(9-2)31-12-11-13-32(37-31)38-35(43-7)30(19-36)34(41)39-42)45-22-26-14-15-28-20-40(17-16-27(28)18-26)25(6)24(5)21-44-10-3/h8-9,11-15,18-19,24-25,36H,2,10,16-17,20-22H2,1,3-7H3,(H,37,38)/b23-8-,33-29-,35-30-,36-19?. The van der Waals surface area contributed by atoms with Crippen molar-refractivity contribution in [1.82, 2.24) is 9.88 Å². The lowest BCUT2D eigenvalue weighted by Gasteiger charge is -2.36. The van der Waals surface area contributed by atoms with Crippen LogP contribution >= 0.6 is 0 Å². The average Bonchev–Trinajstić information content (AvgIpc) is 3.07. The van der Waals surface area contributed by atoms with E-state index in [4.69, 9.17) is 19.6 Å². The molecule has 1 aromatic heterocycles. The Hall–Kier alpha value is -4.41. The second kappa shape index (κ2) is 17.2. The van der Waals surface area contributed by atoms with E-state index in [0.29, 0.717) is 47.6 Å². The van der Waals surface area contributed by atoms with Crippen LogP contribution in [0.25, 0.3) is 5.57 Å². The summed E-state index contributed by atoms with van der Waals surface area (Å²) in [6.45, 7) is 18.3. The Morgan fingerprint density at radius 3 is 2.67 bits per heavy atom. The van der Waals surface area contributed by atoms with Gasteiger partial charge in [-0.05, 0) is 74.4 Å². The normalized spacial score (nSPS) is 15.9. The predicted molar refractivity (Wildman–Crippen MR) is 178 cm³/mol. The zero-order valence-electron chi connectivity index (χ0n) is 27.2. The summed E-state index contributed by atoms with van der Waals surface area (Å²) in [7, 11) is 1.31. The van der Waals surface area contributed by atoms with Gasteiger partial charge in [-0.15, -0.1) is 4.91 Å². The van der Waals surface area contributed by atoms with E-state index >= 15 is 0 Å². The number of methoxy groups -OCH3 is 1. The monoisotopic (exact) mass is 615 g/mol. The van der Waals surface area contributed by atoms with E-state index in [9.17, 15) is 9.70 Å². The molecule has 1 aliphatic rings. The first-order chi connectivity index (χ1) is 21.7. The third kappa shape index (κ3) is 9.06. The summed E-state index contributed by atoms with van der Waals surface area (Å²) in [5.41, 5.74) is 5.62. The van der Waals surface area contributed by atoms with Gasteiger partial charge < -0.3 is 24.9 Å². The number of nitrogens with zero attached hydrogens (tertiary/aromatic N) is 3. The Morgan fingerprint density at radius 2 is 2.02 bits per heavy atom. The molecule has 0 saturated heterocycles. The summed E-state index contributed by atoms with van der Waals surface area (Å²) >= 11 is 0. The van der Waals surface area contributed by atoms with E-state index in [-0.39, 0.29) is 11.5 Å². The highest BCUT2D eigenvalue weighted by atomic mass is 16.5. The van der Waals surface area contributed by atoms with Gasteiger partial charge in [0.2, 0.25) is 5.88 Å². The van der Waals surface area contributed by atoms with Crippen LogP contribution in [0, 0.1) is 16.2 Å². The molecule has 1 aromatic carbocycles. The minimum absolute atomic E-state index is 0.116. The lowest BCUT2D eigenvalue weighted by Crippen LogP contribution is -2.42. The maximum absolute atomic E-state index is 11.8. The molecular weight excluding hydrogens is 570 g/mol. The number of carbonyl (C=O) groups excluding carboxylic acids is 1. The molecule has 0 fully saturated rings. The van der Waals surface area contributed by atoms with Crippen molar-refractivity contribution in [3.05, 3.63) is 105 Å². The first kappa shape index (κ1) is 35.1. The first-order valence-corrected chi connectivity index (χ1v) is 15.2. The summed E-state index contributed by atoms with van der Waals surface area (Å²) in [6, 6.07) is 12.3. The van der Waals surface area contributed by atoms with Crippen molar-refractivity contribution >= 4 is 23.5 Å². The molecule has 3 rings (SSSR count). The molecule has 45 heavy (non-hydrogen) atoms. The van der Waals surface area contributed by atoms with E-state index in [1.807, 2.05) is 32.9 Å². The SMILES string of the molecule is C=C/C(=C(OCc1ccc2c(c1)CCN(C(C)C(C)COCC)C2)\C(C)=C/C)c1cccc(N/C(OC)=C(\C=N)C(=O)N=O)n1. The Labute approximate surface area is 266 Å².